The van der Waals surface area contributed by atoms with Crippen LogP contribution in [0.25, 0.3) is 0 Å². The third-order valence-corrected chi connectivity index (χ3v) is 3.09. The van der Waals surface area contributed by atoms with E-state index in [1.54, 1.807) is 6.07 Å². The number of carboxylic acids is 1. The van der Waals surface area contributed by atoms with Crippen molar-refractivity contribution in [3.8, 4) is 0 Å². The van der Waals surface area contributed by atoms with Gasteiger partial charge in [-0.15, -0.1) is 0 Å². The second-order valence-electron chi connectivity index (χ2n) is 4.45. The van der Waals surface area contributed by atoms with Crippen LogP contribution in [0.1, 0.15) is 22.3 Å². The van der Waals surface area contributed by atoms with Crippen LogP contribution in [0.4, 0.5) is 5.69 Å². The first-order valence-electron chi connectivity index (χ1n) is 5.92. The highest BCUT2D eigenvalue weighted by Gasteiger charge is 2.16. The molecular weight excluding hydrogens is 232 g/mol. The predicted molar refractivity (Wildman–Crippen MR) is 68.0 cm³/mol. The van der Waals surface area contributed by atoms with E-state index in [4.69, 9.17) is 5.11 Å². The number of carbonyl (C=O) groups is 2. The van der Waals surface area contributed by atoms with Crippen molar-refractivity contribution >= 4 is 17.6 Å². The Morgan fingerprint density at radius 2 is 2.22 bits per heavy atom. The quantitative estimate of drug-likeness (QED) is 0.833. The Hall–Kier alpha value is -2.04. The summed E-state index contributed by atoms with van der Waals surface area (Å²) in [6.45, 7) is 0.674. The van der Waals surface area contributed by atoms with Crippen molar-refractivity contribution in [1.82, 2.24) is 5.32 Å². The average Bonchev–Trinajstić information content (AvgIpc) is 2.35. The third kappa shape index (κ3) is 2.61. The molecule has 0 saturated carbocycles. The molecule has 0 saturated heterocycles. The molecule has 1 amide bonds. The minimum Gasteiger partial charge on any atom is -0.480 e. The Morgan fingerprint density at radius 3 is 2.94 bits per heavy atom. The van der Waals surface area contributed by atoms with Crippen LogP contribution >= 0.6 is 0 Å². The fourth-order valence-corrected chi connectivity index (χ4v) is 2.18. The number of benzene rings is 1. The molecule has 0 fully saturated rings. The summed E-state index contributed by atoms with van der Waals surface area (Å²) < 4.78 is 0. The summed E-state index contributed by atoms with van der Waals surface area (Å²) in [5.41, 5.74) is 2.81. The van der Waals surface area contributed by atoms with Crippen LogP contribution in [-0.4, -0.2) is 37.1 Å². The van der Waals surface area contributed by atoms with Gasteiger partial charge in [0.2, 0.25) is 0 Å². The van der Waals surface area contributed by atoms with Crippen molar-refractivity contribution < 1.29 is 14.7 Å². The molecule has 1 heterocycles. The van der Waals surface area contributed by atoms with Gasteiger partial charge >= 0.3 is 5.97 Å². The topological polar surface area (TPSA) is 69.6 Å². The van der Waals surface area contributed by atoms with Gasteiger partial charge in [-0.1, -0.05) is 0 Å². The number of rotatable bonds is 3. The Bertz CT molecular complexity index is 485. The highest BCUT2D eigenvalue weighted by molar-refractivity contribution is 5.96. The molecule has 5 heteroatoms. The number of hydrogen-bond acceptors (Lipinski definition) is 3. The smallest absolute Gasteiger partial charge is 0.322 e. The number of carbonyl (C=O) groups excluding carboxylic acids is 1. The Kier molecular flexibility index (Phi) is 3.50. The molecule has 0 unspecified atom stereocenters. The van der Waals surface area contributed by atoms with Gasteiger partial charge in [-0.05, 0) is 36.6 Å². The van der Waals surface area contributed by atoms with E-state index in [1.165, 1.54) is 0 Å². The fraction of sp³-hybridized carbons (Fsp3) is 0.385. The van der Waals surface area contributed by atoms with Gasteiger partial charge in [-0.2, -0.15) is 0 Å². The molecule has 2 rings (SSSR count). The molecule has 5 nitrogen and oxygen atoms in total. The lowest BCUT2D eigenvalue weighted by Gasteiger charge is -2.27. The molecular formula is C13H16N2O3. The maximum absolute atomic E-state index is 11.7. The Morgan fingerprint density at radius 1 is 1.44 bits per heavy atom. The van der Waals surface area contributed by atoms with Crippen LogP contribution in [0.5, 0.6) is 0 Å². The van der Waals surface area contributed by atoms with E-state index >= 15 is 0 Å². The van der Waals surface area contributed by atoms with E-state index in [2.05, 4.69) is 10.2 Å². The lowest BCUT2D eigenvalue weighted by molar-refractivity contribution is -0.135. The Balaban J connectivity index is 2.15. The van der Waals surface area contributed by atoms with E-state index in [-0.39, 0.29) is 12.5 Å². The fourth-order valence-electron chi connectivity index (χ4n) is 2.18. The van der Waals surface area contributed by atoms with Crippen molar-refractivity contribution in [2.75, 3.05) is 25.0 Å². The number of hydrogen-bond donors (Lipinski definition) is 2. The molecule has 96 valence electrons. The standard InChI is InChI=1S/C13H16N2O3/c1-15-6-2-3-9-7-10(4-5-11(9)15)13(18)14-8-12(16)17/h4-5,7H,2-3,6,8H2,1H3,(H,14,18)(H,16,17). The van der Waals surface area contributed by atoms with Gasteiger partial charge in [-0.25, -0.2) is 0 Å². The van der Waals surface area contributed by atoms with E-state index in [0.29, 0.717) is 5.56 Å². The first-order valence-corrected chi connectivity index (χ1v) is 5.92. The normalized spacial score (nSPS) is 13.9. The predicted octanol–water partition coefficient (Wildman–Crippen LogP) is 0.883. The lowest BCUT2D eigenvalue weighted by atomic mass is 9.99. The first-order chi connectivity index (χ1) is 8.58. The second-order valence-corrected chi connectivity index (χ2v) is 4.45. The summed E-state index contributed by atoms with van der Waals surface area (Å²) >= 11 is 0. The SMILES string of the molecule is CN1CCCc2cc(C(=O)NCC(=O)O)ccc21. The number of nitrogens with zero attached hydrogens (tertiary/aromatic N) is 1. The van der Waals surface area contributed by atoms with E-state index < -0.39 is 5.97 Å². The molecule has 0 radical (unpaired) electrons. The summed E-state index contributed by atoms with van der Waals surface area (Å²) in [6, 6.07) is 5.50. The summed E-state index contributed by atoms with van der Waals surface area (Å²) in [6.07, 6.45) is 2.03. The van der Waals surface area contributed by atoms with Gasteiger partial charge in [0.1, 0.15) is 6.54 Å². The molecule has 0 aliphatic carbocycles. The molecule has 1 aromatic carbocycles. The lowest BCUT2D eigenvalue weighted by Crippen LogP contribution is -2.30. The summed E-state index contributed by atoms with van der Waals surface area (Å²) in [7, 11) is 2.03. The first kappa shape index (κ1) is 12.4. The molecule has 1 aromatic rings. The van der Waals surface area contributed by atoms with E-state index in [9.17, 15) is 9.59 Å². The van der Waals surface area contributed by atoms with Crippen LogP contribution in [0, 0.1) is 0 Å². The number of aliphatic carboxylic acids is 1. The monoisotopic (exact) mass is 248 g/mol. The molecule has 0 atom stereocenters. The highest BCUT2D eigenvalue weighted by atomic mass is 16.4. The van der Waals surface area contributed by atoms with Crippen LogP contribution in [0.15, 0.2) is 18.2 Å². The minimum atomic E-state index is -1.04. The molecule has 0 bridgehead atoms. The van der Waals surface area contributed by atoms with E-state index in [0.717, 1.165) is 30.6 Å². The second kappa shape index (κ2) is 5.08. The van der Waals surface area contributed by atoms with Gasteiger partial charge in [-0.3, -0.25) is 9.59 Å². The number of aryl methyl sites for hydroxylation is 1. The molecule has 1 aliphatic rings. The van der Waals surface area contributed by atoms with Gasteiger partial charge < -0.3 is 15.3 Å². The van der Waals surface area contributed by atoms with Gasteiger partial charge in [0.05, 0.1) is 0 Å². The van der Waals surface area contributed by atoms with Crippen molar-refractivity contribution in [3.63, 3.8) is 0 Å². The van der Waals surface area contributed by atoms with Gasteiger partial charge in [0.15, 0.2) is 0 Å². The highest BCUT2D eigenvalue weighted by Crippen LogP contribution is 2.26. The van der Waals surface area contributed by atoms with Crippen molar-refractivity contribution in [2.45, 2.75) is 12.8 Å². The van der Waals surface area contributed by atoms with Crippen molar-refractivity contribution in [1.29, 1.82) is 0 Å². The number of amides is 1. The maximum atomic E-state index is 11.7. The maximum Gasteiger partial charge on any atom is 0.322 e. The zero-order valence-electron chi connectivity index (χ0n) is 10.3. The summed E-state index contributed by atoms with van der Waals surface area (Å²) in [4.78, 5) is 24.3. The van der Waals surface area contributed by atoms with E-state index in [1.807, 2.05) is 19.2 Å². The van der Waals surface area contributed by atoms with Crippen LogP contribution < -0.4 is 10.2 Å². The summed E-state index contributed by atoms with van der Waals surface area (Å²) in [5, 5.41) is 10.9. The molecule has 1 aliphatic heterocycles. The number of anilines is 1. The van der Waals surface area contributed by atoms with Crippen molar-refractivity contribution in [2.24, 2.45) is 0 Å². The summed E-state index contributed by atoms with van der Waals surface area (Å²) in [5.74, 6) is -1.38. The largest absolute Gasteiger partial charge is 0.480 e. The zero-order valence-corrected chi connectivity index (χ0v) is 10.3. The Labute approximate surface area is 105 Å². The van der Waals surface area contributed by atoms with Crippen LogP contribution in [0.2, 0.25) is 0 Å². The number of carboxylic acid groups (broad SMARTS) is 1. The number of nitrogens with one attached hydrogen (secondary N) is 1. The average molecular weight is 248 g/mol. The number of fused-ring (bicyclic) bond motifs is 1. The molecule has 0 spiro atoms. The zero-order chi connectivity index (χ0) is 13.1. The minimum absolute atomic E-state index is 0.339. The third-order valence-electron chi connectivity index (χ3n) is 3.09. The van der Waals surface area contributed by atoms with Crippen LogP contribution in [0.3, 0.4) is 0 Å². The molecule has 18 heavy (non-hydrogen) atoms. The molecule has 0 aromatic heterocycles. The van der Waals surface area contributed by atoms with Gasteiger partial charge in [0.25, 0.3) is 5.91 Å². The molecule has 2 N–H and O–H groups in total. The van der Waals surface area contributed by atoms with Crippen LogP contribution in [-0.2, 0) is 11.2 Å². The van der Waals surface area contributed by atoms with Crippen molar-refractivity contribution in [3.05, 3.63) is 29.3 Å². The van der Waals surface area contributed by atoms with Gasteiger partial charge in [0, 0.05) is 24.8 Å².